The van der Waals surface area contributed by atoms with Crippen molar-refractivity contribution >= 4 is 23.5 Å². The summed E-state index contributed by atoms with van der Waals surface area (Å²) in [5, 5.41) is 21.9. The molecule has 1 unspecified atom stereocenters. The lowest BCUT2D eigenvalue weighted by Crippen LogP contribution is -2.54. The van der Waals surface area contributed by atoms with Crippen LogP contribution in [0.2, 0.25) is 0 Å². The van der Waals surface area contributed by atoms with Crippen LogP contribution in [0.4, 0.5) is 5.69 Å². The minimum Gasteiger partial charge on any atom is -0.479 e. The van der Waals surface area contributed by atoms with E-state index in [4.69, 9.17) is 4.74 Å². The van der Waals surface area contributed by atoms with Crippen molar-refractivity contribution in [2.45, 2.75) is 25.2 Å². The van der Waals surface area contributed by atoms with Crippen LogP contribution < -0.4 is 10.2 Å². The molecular formula is C27H26N2O6. The molecule has 2 atom stereocenters. The highest BCUT2D eigenvalue weighted by Crippen LogP contribution is 2.40. The maximum absolute atomic E-state index is 13.8. The van der Waals surface area contributed by atoms with Crippen LogP contribution in [0.1, 0.15) is 24.1 Å². The van der Waals surface area contributed by atoms with Crippen molar-refractivity contribution in [1.82, 2.24) is 5.32 Å². The van der Waals surface area contributed by atoms with Gasteiger partial charge >= 0.3 is 5.97 Å². The molecule has 1 heterocycles. The van der Waals surface area contributed by atoms with Crippen LogP contribution in [0.5, 0.6) is 0 Å². The number of carboxylic acid groups (broad SMARTS) is 1. The number of nitrogens with one attached hydrogen (secondary N) is 1. The fourth-order valence-corrected chi connectivity index (χ4v) is 4.00. The summed E-state index contributed by atoms with van der Waals surface area (Å²) in [6.45, 7) is 1.70. The molecule has 1 aliphatic heterocycles. The number of ether oxygens (including phenoxy) is 1. The smallest absolute Gasteiger partial charge is 0.345 e. The molecule has 1 aliphatic rings. The Morgan fingerprint density at radius 3 is 2.31 bits per heavy atom. The standard InChI is InChI=1S/C27H26N2O6/c1-27(34,26(32)33)25(31)28-23-21-13-6-5-11-19(21)20-12-7-8-14-22(20)29(24(23)30)15-16-35-17-18-9-3-2-4-10-18/h2-14,23,34H,15-17H2,1H3,(H,28,31)(H,32,33)/t23-,27?/m0/s1. The van der Waals surface area contributed by atoms with Crippen LogP contribution in [0.25, 0.3) is 11.1 Å². The Morgan fingerprint density at radius 1 is 0.971 bits per heavy atom. The number of hydrogen-bond acceptors (Lipinski definition) is 5. The lowest BCUT2D eigenvalue weighted by atomic mass is 9.94. The van der Waals surface area contributed by atoms with Crippen molar-refractivity contribution in [3.05, 3.63) is 90.0 Å². The molecule has 3 aromatic carbocycles. The molecule has 3 aromatic rings. The number of amides is 2. The van der Waals surface area contributed by atoms with Crippen molar-refractivity contribution in [2.24, 2.45) is 0 Å². The highest BCUT2D eigenvalue weighted by Gasteiger charge is 2.43. The molecule has 2 amide bonds. The van der Waals surface area contributed by atoms with Crippen LogP contribution in [0.3, 0.4) is 0 Å². The molecule has 0 bridgehead atoms. The third-order valence-electron chi connectivity index (χ3n) is 5.97. The fraction of sp³-hybridized carbons (Fsp3) is 0.222. The Morgan fingerprint density at radius 2 is 1.60 bits per heavy atom. The molecule has 0 spiro atoms. The van der Waals surface area contributed by atoms with Crippen LogP contribution in [-0.2, 0) is 25.7 Å². The molecule has 8 heteroatoms. The second kappa shape index (κ2) is 10.1. The molecule has 3 N–H and O–H groups in total. The number of rotatable bonds is 8. The molecule has 0 saturated carbocycles. The van der Waals surface area contributed by atoms with Gasteiger partial charge in [-0.15, -0.1) is 0 Å². The van der Waals surface area contributed by atoms with Gasteiger partial charge in [0.1, 0.15) is 6.04 Å². The van der Waals surface area contributed by atoms with E-state index < -0.39 is 29.4 Å². The predicted molar refractivity (Wildman–Crippen MR) is 129 cm³/mol. The summed E-state index contributed by atoms with van der Waals surface area (Å²) >= 11 is 0. The lowest BCUT2D eigenvalue weighted by Gasteiger charge is -2.28. The Kier molecular flexibility index (Phi) is 6.95. The first-order chi connectivity index (χ1) is 16.8. The molecular weight excluding hydrogens is 448 g/mol. The maximum atomic E-state index is 13.8. The van der Waals surface area contributed by atoms with E-state index in [1.165, 1.54) is 4.90 Å². The summed E-state index contributed by atoms with van der Waals surface area (Å²) in [4.78, 5) is 39.4. The predicted octanol–water partition coefficient (Wildman–Crippen LogP) is 2.91. The molecule has 0 saturated heterocycles. The highest BCUT2D eigenvalue weighted by atomic mass is 16.5. The van der Waals surface area contributed by atoms with Gasteiger partial charge in [-0.05, 0) is 29.7 Å². The van der Waals surface area contributed by atoms with Crippen molar-refractivity contribution in [3.8, 4) is 11.1 Å². The number of aliphatic hydroxyl groups is 1. The molecule has 0 aliphatic carbocycles. The van der Waals surface area contributed by atoms with Crippen molar-refractivity contribution in [3.63, 3.8) is 0 Å². The molecule has 0 aromatic heterocycles. The van der Waals surface area contributed by atoms with E-state index in [0.717, 1.165) is 23.6 Å². The average molecular weight is 475 g/mol. The van der Waals surface area contributed by atoms with Gasteiger partial charge in [0.25, 0.3) is 11.8 Å². The second-order valence-corrected chi connectivity index (χ2v) is 8.42. The zero-order chi connectivity index (χ0) is 25.0. The maximum Gasteiger partial charge on any atom is 0.345 e. The average Bonchev–Trinajstić information content (AvgIpc) is 2.96. The third kappa shape index (κ3) is 4.94. The van der Waals surface area contributed by atoms with Gasteiger partial charge in [0.05, 0.1) is 18.9 Å². The van der Waals surface area contributed by atoms with E-state index >= 15 is 0 Å². The number of carbonyl (C=O) groups excluding carboxylic acids is 2. The van der Waals surface area contributed by atoms with E-state index in [2.05, 4.69) is 5.32 Å². The molecule has 0 fully saturated rings. The normalized spacial score (nSPS) is 16.5. The number of fused-ring (bicyclic) bond motifs is 3. The van der Waals surface area contributed by atoms with Gasteiger partial charge in [0, 0.05) is 12.1 Å². The number of carbonyl (C=O) groups is 3. The van der Waals surface area contributed by atoms with E-state index in [1.807, 2.05) is 66.7 Å². The lowest BCUT2D eigenvalue weighted by molar-refractivity contribution is -0.164. The summed E-state index contributed by atoms with van der Waals surface area (Å²) in [5.74, 6) is -3.34. The van der Waals surface area contributed by atoms with Crippen LogP contribution in [0.15, 0.2) is 78.9 Å². The van der Waals surface area contributed by atoms with E-state index in [9.17, 15) is 24.6 Å². The Labute approximate surface area is 202 Å². The van der Waals surface area contributed by atoms with Gasteiger partial charge in [-0.2, -0.15) is 0 Å². The second-order valence-electron chi connectivity index (χ2n) is 8.42. The summed E-state index contributed by atoms with van der Waals surface area (Å²) in [5.41, 5.74) is 0.981. The minimum atomic E-state index is -2.70. The zero-order valence-electron chi connectivity index (χ0n) is 19.2. The summed E-state index contributed by atoms with van der Waals surface area (Å²) in [6.07, 6.45) is 0. The molecule has 4 rings (SSSR count). The summed E-state index contributed by atoms with van der Waals surface area (Å²) in [6, 6.07) is 22.9. The number of para-hydroxylation sites is 1. The molecule has 35 heavy (non-hydrogen) atoms. The van der Waals surface area contributed by atoms with Gasteiger partial charge in [0.2, 0.25) is 5.60 Å². The van der Waals surface area contributed by atoms with Gasteiger partial charge < -0.3 is 25.2 Å². The molecule has 8 nitrogen and oxygen atoms in total. The quantitative estimate of drug-likeness (QED) is 0.342. The number of nitrogens with zero attached hydrogens (tertiary/aromatic N) is 1. The molecule has 180 valence electrons. The number of anilines is 1. The molecule has 0 radical (unpaired) electrons. The number of hydrogen-bond donors (Lipinski definition) is 3. The van der Waals surface area contributed by atoms with Gasteiger partial charge in [-0.3, -0.25) is 9.59 Å². The van der Waals surface area contributed by atoms with Gasteiger partial charge in [-0.1, -0.05) is 72.8 Å². The van der Waals surface area contributed by atoms with Gasteiger partial charge in [-0.25, -0.2) is 4.79 Å². The highest BCUT2D eigenvalue weighted by molar-refractivity contribution is 6.09. The number of carboxylic acids is 1. The first-order valence-electron chi connectivity index (χ1n) is 11.2. The Balaban J connectivity index is 1.65. The van der Waals surface area contributed by atoms with E-state index in [1.54, 1.807) is 12.1 Å². The van der Waals surface area contributed by atoms with Crippen molar-refractivity contribution < 1.29 is 29.3 Å². The zero-order valence-corrected chi connectivity index (χ0v) is 19.2. The third-order valence-corrected chi connectivity index (χ3v) is 5.97. The Bertz CT molecular complexity index is 1240. The summed E-state index contributed by atoms with van der Waals surface area (Å²) in [7, 11) is 0. The largest absolute Gasteiger partial charge is 0.479 e. The first kappa shape index (κ1) is 24.1. The van der Waals surface area contributed by atoms with Crippen LogP contribution >= 0.6 is 0 Å². The minimum absolute atomic E-state index is 0.207. The van der Waals surface area contributed by atoms with Crippen LogP contribution in [-0.4, -0.2) is 46.7 Å². The Hall–Kier alpha value is -4.01. The van der Waals surface area contributed by atoms with Crippen molar-refractivity contribution in [2.75, 3.05) is 18.1 Å². The monoisotopic (exact) mass is 474 g/mol. The van der Waals surface area contributed by atoms with Gasteiger partial charge in [0.15, 0.2) is 0 Å². The van der Waals surface area contributed by atoms with E-state index in [-0.39, 0.29) is 13.2 Å². The van der Waals surface area contributed by atoms with Crippen molar-refractivity contribution in [1.29, 1.82) is 0 Å². The summed E-state index contributed by atoms with van der Waals surface area (Å²) < 4.78 is 5.81. The van der Waals surface area contributed by atoms with E-state index in [0.29, 0.717) is 17.9 Å². The topological polar surface area (TPSA) is 116 Å². The van der Waals surface area contributed by atoms with Crippen LogP contribution in [0, 0.1) is 0 Å². The number of benzene rings is 3. The fourth-order valence-electron chi connectivity index (χ4n) is 4.00. The first-order valence-corrected chi connectivity index (χ1v) is 11.2. The number of aliphatic carboxylic acids is 1. The SMILES string of the molecule is CC(O)(C(=O)O)C(=O)N[C@@H]1C(=O)N(CCOCc2ccccc2)c2ccccc2-c2ccccc21.